The minimum Gasteiger partial charge on any atom is -0.495 e. The molecule has 0 radical (unpaired) electrons. The molecule has 0 amide bonds. The van der Waals surface area contributed by atoms with Crippen LogP contribution in [0.15, 0.2) is 59.5 Å². The standard InChI is InChI=1S/C18H19NO4S/c1-19(2)24(21,22)18-13-14(10-12-17(18)23-3)9-11-16(20)15-7-5-4-6-8-15/h4-13H,1-3H3/b11-9+. The molecule has 24 heavy (non-hydrogen) atoms. The zero-order valence-corrected chi connectivity index (χ0v) is 14.6. The van der Waals surface area contributed by atoms with Gasteiger partial charge in [0.05, 0.1) is 7.11 Å². The molecule has 2 aromatic rings. The van der Waals surface area contributed by atoms with E-state index in [1.54, 1.807) is 42.5 Å². The summed E-state index contributed by atoms with van der Waals surface area (Å²) < 4.78 is 31.0. The molecule has 0 aromatic heterocycles. The van der Waals surface area contributed by atoms with Crippen molar-refractivity contribution in [2.45, 2.75) is 4.90 Å². The largest absolute Gasteiger partial charge is 0.495 e. The lowest BCUT2D eigenvalue weighted by atomic mass is 10.1. The van der Waals surface area contributed by atoms with Crippen molar-refractivity contribution in [1.29, 1.82) is 0 Å². The summed E-state index contributed by atoms with van der Waals surface area (Å²) in [5.74, 6) is 0.110. The van der Waals surface area contributed by atoms with Crippen LogP contribution >= 0.6 is 0 Å². The third kappa shape index (κ3) is 3.90. The van der Waals surface area contributed by atoms with E-state index in [-0.39, 0.29) is 16.4 Å². The smallest absolute Gasteiger partial charge is 0.246 e. The number of carbonyl (C=O) groups is 1. The molecule has 0 saturated heterocycles. The van der Waals surface area contributed by atoms with Gasteiger partial charge in [-0.05, 0) is 23.8 Å². The fourth-order valence-electron chi connectivity index (χ4n) is 2.07. The first kappa shape index (κ1) is 17.9. The highest BCUT2D eigenvalue weighted by Gasteiger charge is 2.22. The Morgan fingerprint density at radius 2 is 1.75 bits per heavy atom. The fourth-order valence-corrected chi connectivity index (χ4v) is 3.15. The number of rotatable bonds is 6. The summed E-state index contributed by atoms with van der Waals surface area (Å²) >= 11 is 0. The highest BCUT2D eigenvalue weighted by Crippen LogP contribution is 2.27. The maximum absolute atomic E-state index is 12.4. The van der Waals surface area contributed by atoms with Crippen LogP contribution in [0.1, 0.15) is 15.9 Å². The topological polar surface area (TPSA) is 63.7 Å². The van der Waals surface area contributed by atoms with Crippen LogP contribution < -0.4 is 4.74 Å². The maximum Gasteiger partial charge on any atom is 0.246 e. The van der Waals surface area contributed by atoms with Gasteiger partial charge < -0.3 is 4.74 Å². The Labute approximate surface area is 142 Å². The average molecular weight is 345 g/mol. The van der Waals surface area contributed by atoms with E-state index < -0.39 is 10.0 Å². The Kier molecular flexibility index (Phi) is 5.54. The number of allylic oxidation sites excluding steroid dienone is 1. The molecule has 0 aliphatic heterocycles. The van der Waals surface area contributed by atoms with Crippen molar-refractivity contribution in [3.05, 3.63) is 65.7 Å². The predicted molar refractivity (Wildman–Crippen MR) is 93.7 cm³/mol. The second-order valence-electron chi connectivity index (χ2n) is 5.26. The monoisotopic (exact) mass is 345 g/mol. The Morgan fingerprint density at radius 1 is 1.08 bits per heavy atom. The summed E-state index contributed by atoms with van der Waals surface area (Å²) in [5.41, 5.74) is 1.17. The lowest BCUT2D eigenvalue weighted by molar-refractivity contribution is 0.104. The average Bonchev–Trinajstić information content (AvgIpc) is 2.60. The number of ether oxygens (including phenoxy) is 1. The summed E-state index contributed by atoms with van der Waals surface area (Å²) in [4.78, 5) is 12.2. The SMILES string of the molecule is COc1ccc(/C=C/C(=O)c2ccccc2)cc1S(=O)(=O)N(C)C. The number of hydrogen-bond donors (Lipinski definition) is 0. The molecular weight excluding hydrogens is 326 g/mol. The molecule has 0 bridgehead atoms. The van der Waals surface area contributed by atoms with Gasteiger partial charge in [0, 0.05) is 19.7 Å². The van der Waals surface area contributed by atoms with Gasteiger partial charge in [-0.3, -0.25) is 4.79 Å². The van der Waals surface area contributed by atoms with Gasteiger partial charge in [0.15, 0.2) is 5.78 Å². The molecule has 0 fully saturated rings. The van der Waals surface area contributed by atoms with Crippen LogP contribution in [-0.4, -0.2) is 39.7 Å². The molecule has 0 aliphatic rings. The van der Waals surface area contributed by atoms with Crippen LogP contribution in [0.5, 0.6) is 5.75 Å². The molecule has 0 spiro atoms. The normalized spacial score (nSPS) is 11.8. The van der Waals surface area contributed by atoms with E-state index >= 15 is 0 Å². The van der Waals surface area contributed by atoms with E-state index in [2.05, 4.69) is 0 Å². The molecule has 0 heterocycles. The van der Waals surface area contributed by atoms with Gasteiger partial charge in [0.25, 0.3) is 0 Å². The number of hydrogen-bond acceptors (Lipinski definition) is 4. The first-order chi connectivity index (χ1) is 11.4. The molecule has 0 unspecified atom stereocenters. The van der Waals surface area contributed by atoms with Gasteiger partial charge in [-0.1, -0.05) is 42.5 Å². The molecule has 0 atom stereocenters. The molecule has 126 valence electrons. The van der Waals surface area contributed by atoms with Gasteiger partial charge in [-0.2, -0.15) is 0 Å². The zero-order chi connectivity index (χ0) is 17.7. The minimum absolute atomic E-state index is 0.0595. The molecule has 0 aliphatic carbocycles. The quantitative estimate of drug-likeness (QED) is 0.596. The lowest BCUT2D eigenvalue weighted by Gasteiger charge is -2.14. The summed E-state index contributed by atoms with van der Waals surface area (Å²) in [5, 5.41) is 0. The summed E-state index contributed by atoms with van der Waals surface area (Å²) in [6.07, 6.45) is 3.01. The van der Waals surface area contributed by atoms with Gasteiger partial charge >= 0.3 is 0 Å². The molecule has 6 heteroatoms. The highest BCUT2D eigenvalue weighted by atomic mass is 32.2. The summed E-state index contributed by atoms with van der Waals surface area (Å²) in [6, 6.07) is 13.6. The van der Waals surface area contributed by atoms with Crippen LogP contribution in [0, 0.1) is 0 Å². The van der Waals surface area contributed by atoms with E-state index in [4.69, 9.17) is 4.74 Å². The number of methoxy groups -OCH3 is 1. The van der Waals surface area contributed by atoms with Gasteiger partial charge in [0.1, 0.15) is 10.6 Å². The molecule has 0 saturated carbocycles. The second-order valence-corrected chi connectivity index (χ2v) is 7.38. The van der Waals surface area contributed by atoms with Crippen molar-refractivity contribution in [3.8, 4) is 5.75 Å². The molecule has 2 rings (SSSR count). The van der Waals surface area contributed by atoms with Gasteiger partial charge in [-0.15, -0.1) is 0 Å². The Hall–Kier alpha value is -2.44. The molecule has 5 nitrogen and oxygen atoms in total. The van der Waals surface area contributed by atoms with Crippen LogP contribution in [0.4, 0.5) is 0 Å². The fraction of sp³-hybridized carbons (Fsp3) is 0.167. The number of nitrogens with zero attached hydrogens (tertiary/aromatic N) is 1. The number of carbonyl (C=O) groups excluding carboxylic acids is 1. The van der Waals surface area contributed by atoms with Crippen molar-refractivity contribution in [1.82, 2.24) is 4.31 Å². The summed E-state index contributed by atoms with van der Waals surface area (Å²) in [6.45, 7) is 0. The van der Waals surface area contributed by atoms with Crippen LogP contribution in [0.25, 0.3) is 6.08 Å². The van der Waals surface area contributed by atoms with Gasteiger partial charge in [0.2, 0.25) is 10.0 Å². The molecule has 0 N–H and O–H groups in total. The first-order valence-electron chi connectivity index (χ1n) is 7.24. The summed E-state index contributed by atoms with van der Waals surface area (Å²) in [7, 11) is 0.681. The molecular formula is C18H19NO4S. The van der Waals surface area contributed by atoms with Crippen LogP contribution in [0.2, 0.25) is 0 Å². The van der Waals surface area contributed by atoms with E-state index in [9.17, 15) is 13.2 Å². The number of sulfonamides is 1. The zero-order valence-electron chi connectivity index (χ0n) is 13.8. The van der Waals surface area contributed by atoms with Crippen molar-refractivity contribution in [2.24, 2.45) is 0 Å². The lowest BCUT2D eigenvalue weighted by Crippen LogP contribution is -2.22. The first-order valence-corrected chi connectivity index (χ1v) is 8.68. The minimum atomic E-state index is -3.64. The van der Waals surface area contributed by atoms with E-state index in [1.807, 2.05) is 6.07 Å². The van der Waals surface area contributed by atoms with Gasteiger partial charge in [-0.25, -0.2) is 12.7 Å². The van der Waals surface area contributed by atoms with Crippen LogP contribution in [-0.2, 0) is 10.0 Å². The van der Waals surface area contributed by atoms with E-state index in [0.717, 1.165) is 4.31 Å². The number of ketones is 1. The third-order valence-corrected chi connectivity index (χ3v) is 5.27. The van der Waals surface area contributed by atoms with Crippen molar-refractivity contribution >= 4 is 21.9 Å². The Morgan fingerprint density at radius 3 is 2.33 bits per heavy atom. The highest BCUT2D eigenvalue weighted by molar-refractivity contribution is 7.89. The van der Waals surface area contributed by atoms with Crippen LogP contribution in [0.3, 0.4) is 0 Å². The van der Waals surface area contributed by atoms with Crippen molar-refractivity contribution < 1.29 is 17.9 Å². The van der Waals surface area contributed by atoms with Crippen molar-refractivity contribution in [3.63, 3.8) is 0 Å². The maximum atomic E-state index is 12.4. The Balaban J connectivity index is 2.36. The number of benzene rings is 2. The van der Waals surface area contributed by atoms with E-state index in [1.165, 1.54) is 33.3 Å². The predicted octanol–water partition coefficient (Wildman–Crippen LogP) is 2.84. The second kappa shape index (κ2) is 7.42. The van der Waals surface area contributed by atoms with Crippen molar-refractivity contribution in [2.75, 3.05) is 21.2 Å². The molecule has 2 aromatic carbocycles. The third-order valence-electron chi connectivity index (χ3n) is 3.43. The van der Waals surface area contributed by atoms with E-state index in [0.29, 0.717) is 11.1 Å². The Bertz CT molecular complexity index is 856.